The molecule has 1 fully saturated rings. The van der Waals surface area contributed by atoms with Crippen LogP contribution in [0.1, 0.15) is 22.3 Å². The number of hydrogen-bond acceptors (Lipinski definition) is 6. The van der Waals surface area contributed by atoms with Crippen molar-refractivity contribution in [2.24, 2.45) is 4.99 Å². The summed E-state index contributed by atoms with van der Waals surface area (Å²) in [7, 11) is 1.29. The number of carbonyl (C=O) groups excluding carboxylic acids is 3. The number of hydrogen-bond donors (Lipinski definition) is 1. The lowest BCUT2D eigenvalue weighted by Crippen LogP contribution is -2.44. The summed E-state index contributed by atoms with van der Waals surface area (Å²) in [4.78, 5) is 43.9. The molecule has 4 rings (SSSR count). The first-order valence-electron chi connectivity index (χ1n) is 10.9. The summed E-state index contributed by atoms with van der Waals surface area (Å²) in [5, 5.41) is 2.95. The number of ether oxygens (including phenoxy) is 1. The first-order chi connectivity index (χ1) is 17.3. The van der Waals surface area contributed by atoms with E-state index < -0.39 is 11.2 Å². The van der Waals surface area contributed by atoms with Crippen molar-refractivity contribution in [1.29, 1.82) is 0 Å². The number of nitrogens with zero attached hydrogens (tertiary/aromatic N) is 2. The maximum atomic E-state index is 13.4. The Morgan fingerprint density at radius 3 is 2.39 bits per heavy atom. The quantitative estimate of drug-likeness (QED) is 0.434. The highest BCUT2D eigenvalue weighted by Gasteiger charge is 2.36. The van der Waals surface area contributed by atoms with E-state index in [1.807, 2.05) is 0 Å². The number of rotatable bonds is 6. The third-order valence-corrected chi connectivity index (χ3v) is 6.75. The molecule has 7 nitrogen and oxygen atoms in total. The van der Waals surface area contributed by atoms with E-state index in [9.17, 15) is 18.8 Å². The molecule has 0 bridgehead atoms. The van der Waals surface area contributed by atoms with Gasteiger partial charge in [0.15, 0.2) is 5.17 Å². The van der Waals surface area contributed by atoms with Gasteiger partial charge in [-0.1, -0.05) is 35.5 Å². The normalized spacial score (nSPS) is 16.6. The molecule has 1 N–H and O–H groups in total. The van der Waals surface area contributed by atoms with Crippen LogP contribution in [0.3, 0.4) is 0 Å². The second-order valence-electron chi connectivity index (χ2n) is 7.85. The van der Waals surface area contributed by atoms with Gasteiger partial charge in [-0.05, 0) is 66.2 Å². The standard InChI is InChI=1S/C26H21ClFN3O4S/c1-35-25(34)17-4-10-20(11-5-17)29-24(33)22-14-23(32)31(15-16-2-8-19(28)9-3-16)26(36-22)30-21-12-6-18(27)7-13-21/h2-13,22H,14-15H2,1H3,(H,29,33). The molecule has 3 aromatic carbocycles. The Morgan fingerprint density at radius 2 is 1.75 bits per heavy atom. The molecule has 184 valence electrons. The van der Waals surface area contributed by atoms with E-state index in [-0.39, 0.29) is 30.6 Å². The number of methoxy groups -OCH3 is 1. The Balaban J connectivity index is 1.55. The van der Waals surface area contributed by atoms with Crippen LogP contribution in [0, 0.1) is 5.82 Å². The zero-order valence-electron chi connectivity index (χ0n) is 19.1. The van der Waals surface area contributed by atoms with Crippen molar-refractivity contribution in [1.82, 2.24) is 4.90 Å². The molecule has 0 spiro atoms. The van der Waals surface area contributed by atoms with Crippen LogP contribution < -0.4 is 5.32 Å². The molecule has 0 radical (unpaired) electrons. The van der Waals surface area contributed by atoms with Crippen LogP contribution in [-0.4, -0.2) is 40.2 Å². The number of nitrogens with one attached hydrogen (secondary N) is 1. The molecule has 0 aliphatic carbocycles. The van der Waals surface area contributed by atoms with Crippen LogP contribution in [-0.2, 0) is 20.9 Å². The lowest BCUT2D eigenvalue weighted by molar-refractivity contribution is -0.129. The van der Waals surface area contributed by atoms with E-state index in [4.69, 9.17) is 11.6 Å². The summed E-state index contributed by atoms with van der Waals surface area (Å²) in [5.41, 5.74) is 2.12. The third kappa shape index (κ3) is 6.30. The van der Waals surface area contributed by atoms with Crippen LogP contribution in [0.25, 0.3) is 0 Å². The van der Waals surface area contributed by atoms with E-state index in [2.05, 4.69) is 15.0 Å². The summed E-state index contributed by atoms with van der Waals surface area (Å²) in [6.45, 7) is 0.182. The maximum Gasteiger partial charge on any atom is 0.337 e. The largest absolute Gasteiger partial charge is 0.465 e. The lowest BCUT2D eigenvalue weighted by Gasteiger charge is -2.32. The molecular weight excluding hydrogens is 505 g/mol. The van der Waals surface area contributed by atoms with Gasteiger partial charge in [0.1, 0.15) is 11.1 Å². The molecule has 3 aromatic rings. The second-order valence-corrected chi connectivity index (χ2v) is 9.45. The fourth-order valence-corrected chi connectivity index (χ4v) is 4.65. The number of amides is 2. The second kappa shape index (κ2) is 11.4. The molecule has 1 aliphatic heterocycles. The smallest absolute Gasteiger partial charge is 0.337 e. The number of esters is 1. The van der Waals surface area contributed by atoms with Gasteiger partial charge in [-0.15, -0.1) is 0 Å². The molecule has 1 saturated heterocycles. The average molecular weight is 526 g/mol. The van der Waals surface area contributed by atoms with E-state index in [1.54, 1.807) is 60.7 Å². The number of thioether (sulfide) groups is 1. The topological polar surface area (TPSA) is 88.1 Å². The molecule has 1 aliphatic rings. The molecule has 0 saturated carbocycles. The van der Waals surface area contributed by atoms with Crippen LogP contribution >= 0.6 is 23.4 Å². The number of anilines is 1. The predicted molar refractivity (Wildman–Crippen MR) is 138 cm³/mol. The summed E-state index contributed by atoms with van der Waals surface area (Å²) in [6, 6.07) is 18.9. The SMILES string of the molecule is COC(=O)c1ccc(NC(=O)C2CC(=O)N(Cc3ccc(F)cc3)C(=Nc3ccc(Cl)cc3)S2)cc1. The van der Waals surface area contributed by atoms with Crippen LogP contribution in [0.4, 0.5) is 15.8 Å². The van der Waals surface area contributed by atoms with Crippen molar-refractivity contribution in [3.63, 3.8) is 0 Å². The fourth-order valence-electron chi connectivity index (χ4n) is 3.43. The minimum Gasteiger partial charge on any atom is -0.465 e. The van der Waals surface area contributed by atoms with Gasteiger partial charge in [0.05, 0.1) is 24.9 Å². The average Bonchev–Trinajstić information content (AvgIpc) is 2.88. The van der Waals surface area contributed by atoms with Gasteiger partial charge in [0.2, 0.25) is 11.8 Å². The van der Waals surface area contributed by atoms with Gasteiger partial charge in [-0.25, -0.2) is 14.2 Å². The van der Waals surface area contributed by atoms with E-state index >= 15 is 0 Å². The Labute approximate surface area is 216 Å². The van der Waals surface area contributed by atoms with Gasteiger partial charge < -0.3 is 10.1 Å². The molecule has 1 atom stereocenters. The van der Waals surface area contributed by atoms with Crippen LogP contribution in [0.15, 0.2) is 77.8 Å². The van der Waals surface area contributed by atoms with E-state index in [0.29, 0.717) is 27.1 Å². The Kier molecular flexibility index (Phi) is 8.02. The van der Waals surface area contributed by atoms with Gasteiger partial charge >= 0.3 is 5.97 Å². The zero-order valence-corrected chi connectivity index (χ0v) is 20.7. The summed E-state index contributed by atoms with van der Waals surface area (Å²) >= 11 is 7.14. The van der Waals surface area contributed by atoms with Crippen molar-refractivity contribution >= 4 is 57.7 Å². The third-order valence-electron chi connectivity index (χ3n) is 5.31. The Hall–Kier alpha value is -3.69. The van der Waals surface area contributed by atoms with Crippen molar-refractivity contribution in [3.05, 3.63) is 94.8 Å². The highest BCUT2D eigenvalue weighted by Crippen LogP contribution is 2.31. The number of benzene rings is 3. The Morgan fingerprint density at radius 1 is 1.08 bits per heavy atom. The monoisotopic (exact) mass is 525 g/mol. The van der Waals surface area contributed by atoms with Gasteiger partial charge in [-0.2, -0.15) is 0 Å². The number of aliphatic imine (C=N–C) groups is 1. The van der Waals surface area contributed by atoms with Crippen LogP contribution in [0.2, 0.25) is 5.02 Å². The fraction of sp³-hybridized carbons (Fsp3) is 0.154. The van der Waals surface area contributed by atoms with Crippen molar-refractivity contribution in [3.8, 4) is 0 Å². The summed E-state index contributed by atoms with van der Waals surface area (Å²) in [5.74, 6) is -1.51. The number of amidine groups is 1. The first kappa shape index (κ1) is 25.4. The minimum absolute atomic E-state index is 0.0441. The molecule has 36 heavy (non-hydrogen) atoms. The number of carbonyl (C=O) groups is 3. The zero-order chi connectivity index (χ0) is 25.7. The number of halogens is 2. The molecule has 1 heterocycles. The summed E-state index contributed by atoms with van der Waals surface area (Å²) < 4.78 is 18.0. The lowest BCUT2D eigenvalue weighted by atomic mass is 10.1. The van der Waals surface area contributed by atoms with E-state index in [1.165, 1.54) is 35.9 Å². The highest BCUT2D eigenvalue weighted by atomic mass is 35.5. The summed E-state index contributed by atoms with van der Waals surface area (Å²) in [6.07, 6.45) is -0.0441. The first-order valence-corrected chi connectivity index (χ1v) is 12.1. The molecule has 10 heteroatoms. The predicted octanol–water partition coefficient (Wildman–Crippen LogP) is 5.43. The molecule has 2 amide bonds. The molecule has 0 aromatic heterocycles. The minimum atomic E-state index is -0.728. The van der Waals surface area contributed by atoms with Crippen molar-refractivity contribution in [2.45, 2.75) is 18.2 Å². The Bertz CT molecular complexity index is 1300. The maximum absolute atomic E-state index is 13.4. The van der Waals surface area contributed by atoms with Gasteiger partial charge in [0, 0.05) is 17.1 Å². The van der Waals surface area contributed by atoms with Crippen molar-refractivity contribution in [2.75, 3.05) is 12.4 Å². The molecular formula is C26H21ClFN3O4S. The highest BCUT2D eigenvalue weighted by molar-refractivity contribution is 8.15. The van der Waals surface area contributed by atoms with Gasteiger partial charge in [-0.3, -0.25) is 14.5 Å². The van der Waals surface area contributed by atoms with Crippen LogP contribution in [0.5, 0.6) is 0 Å². The van der Waals surface area contributed by atoms with Crippen molar-refractivity contribution < 1.29 is 23.5 Å². The van der Waals surface area contributed by atoms with E-state index in [0.717, 1.165) is 5.56 Å². The van der Waals surface area contributed by atoms with Gasteiger partial charge in [0.25, 0.3) is 0 Å². The molecule has 1 unspecified atom stereocenters.